The van der Waals surface area contributed by atoms with Crippen molar-refractivity contribution < 1.29 is 19.0 Å². The van der Waals surface area contributed by atoms with Crippen molar-refractivity contribution in [2.45, 2.75) is 17.9 Å². The highest BCUT2D eigenvalue weighted by Gasteiger charge is 2.84. The molecule has 0 spiro atoms. The summed E-state index contributed by atoms with van der Waals surface area (Å²) in [5, 5.41) is 18.3. The van der Waals surface area contributed by atoms with E-state index >= 15 is 0 Å². The van der Waals surface area contributed by atoms with Crippen molar-refractivity contribution in [1.82, 2.24) is 9.88 Å². The summed E-state index contributed by atoms with van der Waals surface area (Å²) in [5.41, 5.74) is 0.0121. The number of piperidine rings is 1. The summed E-state index contributed by atoms with van der Waals surface area (Å²) >= 11 is 0. The largest absolute Gasteiger partial charge is 0.392 e. The zero-order valence-electron chi connectivity index (χ0n) is 10.9. The van der Waals surface area contributed by atoms with Crippen molar-refractivity contribution in [3.63, 3.8) is 0 Å². The number of hydrogen-bond acceptors (Lipinski definition) is 4. The molecule has 1 aromatic heterocycles. The van der Waals surface area contributed by atoms with Gasteiger partial charge in [0.25, 0.3) is 5.92 Å². The van der Waals surface area contributed by atoms with Crippen LogP contribution >= 0.6 is 0 Å². The first-order chi connectivity index (χ1) is 9.51. The van der Waals surface area contributed by atoms with Crippen LogP contribution in [-0.4, -0.2) is 45.8 Å². The lowest BCUT2D eigenvalue weighted by atomic mass is 9.98. The van der Waals surface area contributed by atoms with Gasteiger partial charge in [0, 0.05) is 18.7 Å². The lowest BCUT2D eigenvalue weighted by Crippen LogP contribution is -2.34. The number of aromatic nitrogens is 1. The maximum absolute atomic E-state index is 14.1. The van der Waals surface area contributed by atoms with Crippen LogP contribution in [0.3, 0.4) is 0 Å². The van der Waals surface area contributed by atoms with Gasteiger partial charge in [-0.2, -0.15) is 0 Å². The van der Waals surface area contributed by atoms with Gasteiger partial charge in [-0.3, -0.25) is 9.88 Å². The molecule has 1 saturated heterocycles. The predicted molar refractivity (Wildman–Crippen MR) is 69.0 cm³/mol. The second-order valence-corrected chi connectivity index (χ2v) is 5.40. The molecule has 2 unspecified atom stereocenters. The second kappa shape index (κ2) is 4.31. The summed E-state index contributed by atoms with van der Waals surface area (Å²) in [6.45, 7) is 3.45. The molecule has 20 heavy (non-hydrogen) atoms. The van der Waals surface area contributed by atoms with E-state index < -0.39 is 17.3 Å². The van der Waals surface area contributed by atoms with Crippen LogP contribution in [0.5, 0.6) is 0 Å². The third-order valence-corrected chi connectivity index (χ3v) is 4.49. The number of rotatable bonds is 4. The molecule has 2 atom stereocenters. The first-order valence-electron chi connectivity index (χ1n) is 6.46. The summed E-state index contributed by atoms with van der Waals surface area (Å²) in [5.74, 6) is -3.59. The van der Waals surface area contributed by atoms with Gasteiger partial charge in [0.1, 0.15) is 0 Å². The smallest absolute Gasteiger partial charge is 0.266 e. The zero-order chi connectivity index (χ0) is 14.5. The number of likely N-dealkylation sites (tertiary alicyclic amines) is 1. The molecule has 1 aliphatic carbocycles. The Kier molecular flexibility index (Phi) is 2.93. The average molecular weight is 282 g/mol. The highest BCUT2D eigenvalue weighted by atomic mass is 19.3. The summed E-state index contributed by atoms with van der Waals surface area (Å²) in [6, 6.07) is 3.16. The van der Waals surface area contributed by atoms with Crippen molar-refractivity contribution in [3.8, 4) is 0 Å². The number of fused-ring (bicyclic) bond motifs is 1. The minimum Gasteiger partial charge on any atom is -0.392 e. The molecule has 2 N–H and O–H groups in total. The number of pyridine rings is 1. The van der Waals surface area contributed by atoms with Crippen LogP contribution in [-0.2, 0) is 12.0 Å². The summed E-state index contributed by atoms with van der Waals surface area (Å²) in [7, 11) is 0. The standard InChI is InChI=1S/C14H16F2N2O2/c1-2-10-9(6-19)3-4-12(17-10)13-7-18(8-20)5-11(13)14(13,15)16/h2-4,11,19-20H,1,5-8H2. The Balaban J connectivity index is 2.02. The fraction of sp³-hybridized carbons (Fsp3) is 0.500. The van der Waals surface area contributed by atoms with Crippen LogP contribution in [0.15, 0.2) is 18.7 Å². The Morgan fingerprint density at radius 2 is 2.20 bits per heavy atom. The van der Waals surface area contributed by atoms with Gasteiger partial charge in [0.15, 0.2) is 0 Å². The Bertz CT molecular complexity index is 564. The molecule has 3 rings (SSSR count). The highest BCUT2D eigenvalue weighted by Crippen LogP contribution is 2.69. The number of aliphatic hydroxyl groups is 2. The predicted octanol–water partition coefficient (Wildman–Crippen LogP) is 0.985. The van der Waals surface area contributed by atoms with Gasteiger partial charge in [-0.15, -0.1) is 0 Å². The molecule has 0 aromatic carbocycles. The van der Waals surface area contributed by atoms with Crippen LogP contribution in [0, 0.1) is 5.92 Å². The number of alkyl halides is 2. The van der Waals surface area contributed by atoms with Gasteiger partial charge in [0.05, 0.1) is 36.1 Å². The van der Waals surface area contributed by atoms with Gasteiger partial charge in [-0.1, -0.05) is 12.6 Å². The topological polar surface area (TPSA) is 56.6 Å². The fourth-order valence-electron chi connectivity index (χ4n) is 3.29. The molecule has 2 fully saturated rings. The maximum Gasteiger partial charge on any atom is 0.266 e. The van der Waals surface area contributed by atoms with E-state index in [1.54, 1.807) is 17.0 Å². The Morgan fingerprint density at radius 3 is 2.80 bits per heavy atom. The summed E-state index contributed by atoms with van der Waals surface area (Å²) < 4.78 is 28.2. The molecule has 1 aromatic rings. The first kappa shape index (κ1) is 13.6. The normalized spacial score (nSPS) is 31.1. The molecule has 1 aliphatic heterocycles. The van der Waals surface area contributed by atoms with Crippen LogP contribution < -0.4 is 0 Å². The lowest BCUT2D eigenvalue weighted by molar-refractivity contribution is 0.0216. The van der Waals surface area contributed by atoms with E-state index in [9.17, 15) is 13.9 Å². The van der Waals surface area contributed by atoms with Crippen LogP contribution in [0.1, 0.15) is 17.0 Å². The molecule has 1 saturated carbocycles. The third kappa shape index (κ3) is 1.52. The minimum absolute atomic E-state index is 0.100. The van der Waals surface area contributed by atoms with E-state index in [4.69, 9.17) is 5.11 Å². The van der Waals surface area contributed by atoms with Crippen molar-refractivity contribution in [3.05, 3.63) is 35.7 Å². The van der Waals surface area contributed by atoms with Gasteiger partial charge in [-0.25, -0.2) is 8.78 Å². The highest BCUT2D eigenvalue weighted by molar-refractivity contribution is 5.50. The average Bonchev–Trinajstić information content (AvgIpc) is 2.81. The van der Waals surface area contributed by atoms with Crippen molar-refractivity contribution in [2.24, 2.45) is 5.92 Å². The van der Waals surface area contributed by atoms with Gasteiger partial charge >= 0.3 is 0 Å². The van der Waals surface area contributed by atoms with Crippen molar-refractivity contribution in [1.29, 1.82) is 0 Å². The molecule has 0 radical (unpaired) electrons. The molecule has 4 nitrogen and oxygen atoms in total. The van der Waals surface area contributed by atoms with Crippen molar-refractivity contribution in [2.75, 3.05) is 19.8 Å². The Labute approximate surface area is 115 Å². The van der Waals surface area contributed by atoms with Gasteiger partial charge < -0.3 is 10.2 Å². The Hall–Kier alpha value is -1.37. The monoisotopic (exact) mass is 282 g/mol. The van der Waals surface area contributed by atoms with Crippen LogP contribution in [0.2, 0.25) is 0 Å². The van der Waals surface area contributed by atoms with Crippen LogP contribution in [0.4, 0.5) is 8.78 Å². The van der Waals surface area contributed by atoms with Crippen LogP contribution in [0.25, 0.3) is 6.08 Å². The molecule has 0 amide bonds. The third-order valence-electron chi connectivity index (χ3n) is 4.49. The molecule has 0 bridgehead atoms. The fourth-order valence-corrected chi connectivity index (χ4v) is 3.29. The zero-order valence-corrected chi connectivity index (χ0v) is 10.9. The van der Waals surface area contributed by atoms with E-state index in [-0.39, 0.29) is 26.4 Å². The number of aliphatic hydroxyl groups excluding tert-OH is 2. The maximum atomic E-state index is 14.1. The summed E-state index contributed by atoms with van der Waals surface area (Å²) in [4.78, 5) is 5.85. The number of hydrogen-bond donors (Lipinski definition) is 2. The molecule has 2 heterocycles. The van der Waals surface area contributed by atoms with E-state index in [1.165, 1.54) is 6.08 Å². The van der Waals surface area contributed by atoms with E-state index in [0.717, 1.165) is 0 Å². The lowest BCUT2D eigenvalue weighted by Gasteiger charge is -2.21. The molecular weight excluding hydrogens is 266 g/mol. The summed E-state index contributed by atoms with van der Waals surface area (Å²) in [6.07, 6.45) is 1.46. The Morgan fingerprint density at radius 1 is 1.45 bits per heavy atom. The second-order valence-electron chi connectivity index (χ2n) is 5.40. The van der Waals surface area contributed by atoms with Crippen molar-refractivity contribution >= 4 is 6.08 Å². The molecular formula is C14H16F2N2O2. The molecule has 108 valence electrons. The van der Waals surface area contributed by atoms with E-state index in [0.29, 0.717) is 17.0 Å². The quantitative estimate of drug-likeness (QED) is 0.864. The number of nitrogens with zero attached hydrogens (tertiary/aromatic N) is 2. The first-order valence-corrected chi connectivity index (χ1v) is 6.46. The van der Waals surface area contributed by atoms with E-state index in [1.807, 2.05) is 0 Å². The molecule has 6 heteroatoms. The SMILES string of the molecule is C=Cc1nc(C23CN(CO)CC2C3(F)F)ccc1CO. The minimum atomic E-state index is -2.79. The van der Waals surface area contributed by atoms with Gasteiger partial charge in [0.2, 0.25) is 0 Å². The van der Waals surface area contributed by atoms with Gasteiger partial charge in [-0.05, 0) is 12.1 Å². The molecule has 2 aliphatic rings. The number of halogens is 2. The van der Waals surface area contributed by atoms with E-state index in [2.05, 4.69) is 11.6 Å².